The lowest BCUT2D eigenvalue weighted by Gasteiger charge is -2.32. The molecule has 2 fully saturated rings. The summed E-state index contributed by atoms with van der Waals surface area (Å²) >= 11 is 0. The zero-order valence-electron chi connectivity index (χ0n) is 12.6. The van der Waals surface area contributed by atoms with Gasteiger partial charge < -0.3 is 15.0 Å². The van der Waals surface area contributed by atoms with Crippen LogP contribution in [0.1, 0.15) is 12.1 Å². The van der Waals surface area contributed by atoms with Crippen molar-refractivity contribution in [3.8, 4) is 0 Å². The molecule has 0 saturated carbocycles. The van der Waals surface area contributed by atoms with E-state index < -0.39 is 0 Å². The number of carbonyl (C=O) groups excluding carboxylic acids is 1. The molecule has 21 heavy (non-hydrogen) atoms. The minimum atomic E-state index is 0.0952. The largest absolute Gasteiger partial charge is 0.381 e. The number of fused-ring (bicyclic) bond motifs is 1. The summed E-state index contributed by atoms with van der Waals surface area (Å²) in [6.45, 7) is 5.28. The van der Waals surface area contributed by atoms with E-state index in [-0.39, 0.29) is 5.91 Å². The molecule has 0 aromatic carbocycles. The standard InChI is InChI=1S/C15H22N4O2/c1-10-3-4-14(18-17-10)19-6-12-9-21-8-11(13(12)7-19)5-15(20)16-2/h3-4,11-13H,5-9H2,1-2H3,(H,16,20)/t11-,12+,13-/m1/s1. The van der Waals surface area contributed by atoms with Gasteiger partial charge in [-0.3, -0.25) is 4.79 Å². The van der Waals surface area contributed by atoms with Crippen LogP contribution < -0.4 is 10.2 Å². The Hall–Kier alpha value is -1.69. The lowest BCUT2D eigenvalue weighted by Crippen LogP contribution is -2.37. The number of hydrogen-bond donors (Lipinski definition) is 1. The first kappa shape index (κ1) is 14.3. The van der Waals surface area contributed by atoms with Crippen LogP contribution >= 0.6 is 0 Å². The summed E-state index contributed by atoms with van der Waals surface area (Å²) in [5, 5.41) is 11.1. The van der Waals surface area contributed by atoms with Crippen LogP contribution in [0.25, 0.3) is 0 Å². The first-order valence-electron chi connectivity index (χ1n) is 7.51. The number of ether oxygens (including phenoxy) is 1. The molecule has 6 nitrogen and oxygen atoms in total. The van der Waals surface area contributed by atoms with Crippen LogP contribution in [-0.2, 0) is 9.53 Å². The molecule has 2 saturated heterocycles. The molecule has 2 aliphatic heterocycles. The van der Waals surface area contributed by atoms with Crippen LogP contribution in [-0.4, -0.2) is 49.5 Å². The number of anilines is 1. The minimum absolute atomic E-state index is 0.0952. The predicted molar refractivity (Wildman–Crippen MR) is 79.0 cm³/mol. The minimum Gasteiger partial charge on any atom is -0.381 e. The topological polar surface area (TPSA) is 67.3 Å². The molecular formula is C15H22N4O2. The number of carbonyl (C=O) groups is 1. The summed E-state index contributed by atoms with van der Waals surface area (Å²) in [5.41, 5.74) is 0.927. The smallest absolute Gasteiger partial charge is 0.220 e. The van der Waals surface area contributed by atoms with E-state index in [4.69, 9.17) is 4.74 Å². The molecule has 1 aromatic rings. The first-order chi connectivity index (χ1) is 10.2. The van der Waals surface area contributed by atoms with Gasteiger partial charge >= 0.3 is 0 Å². The zero-order valence-corrected chi connectivity index (χ0v) is 12.6. The van der Waals surface area contributed by atoms with Crippen molar-refractivity contribution in [2.24, 2.45) is 17.8 Å². The molecule has 2 aliphatic rings. The molecule has 3 atom stereocenters. The molecule has 1 aromatic heterocycles. The van der Waals surface area contributed by atoms with Gasteiger partial charge in [0.1, 0.15) is 0 Å². The average molecular weight is 290 g/mol. The second-order valence-electron chi connectivity index (χ2n) is 6.04. The van der Waals surface area contributed by atoms with Crippen LogP contribution in [0.5, 0.6) is 0 Å². The molecule has 1 amide bonds. The summed E-state index contributed by atoms with van der Waals surface area (Å²) in [4.78, 5) is 13.9. The van der Waals surface area contributed by atoms with E-state index in [1.54, 1.807) is 7.05 Å². The fourth-order valence-electron chi connectivity index (χ4n) is 3.40. The lowest BCUT2D eigenvalue weighted by atomic mass is 9.81. The third kappa shape index (κ3) is 3.00. The van der Waals surface area contributed by atoms with Crippen molar-refractivity contribution >= 4 is 11.7 Å². The Bertz CT molecular complexity index is 505. The van der Waals surface area contributed by atoms with E-state index in [9.17, 15) is 4.79 Å². The predicted octanol–water partition coefficient (Wildman–Crippen LogP) is 0.620. The summed E-state index contributed by atoms with van der Waals surface area (Å²) in [6.07, 6.45) is 0.547. The zero-order chi connectivity index (χ0) is 14.8. The van der Waals surface area contributed by atoms with Crippen LogP contribution in [0.4, 0.5) is 5.82 Å². The van der Waals surface area contributed by atoms with Gasteiger partial charge in [-0.2, -0.15) is 5.10 Å². The fourth-order valence-corrected chi connectivity index (χ4v) is 3.40. The van der Waals surface area contributed by atoms with Crippen LogP contribution in [0, 0.1) is 24.7 Å². The van der Waals surface area contributed by atoms with E-state index in [0.29, 0.717) is 30.8 Å². The van der Waals surface area contributed by atoms with Gasteiger partial charge in [0.25, 0.3) is 0 Å². The van der Waals surface area contributed by atoms with Crippen molar-refractivity contribution in [3.05, 3.63) is 17.8 Å². The number of nitrogens with zero attached hydrogens (tertiary/aromatic N) is 3. The number of amides is 1. The van der Waals surface area contributed by atoms with Gasteiger partial charge in [0.05, 0.1) is 18.9 Å². The molecule has 0 spiro atoms. The quantitative estimate of drug-likeness (QED) is 0.884. The molecule has 0 bridgehead atoms. The van der Waals surface area contributed by atoms with Gasteiger partial charge in [-0.25, -0.2) is 0 Å². The molecule has 114 valence electrons. The Labute approximate surface area is 124 Å². The highest BCUT2D eigenvalue weighted by Crippen LogP contribution is 2.37. The van der Waals surface area contributed by atoms with Crippen molar-refractivity contribution in [3.63, 3.8) is 0 Å². The number of nitrogens with one attached hydrogen (secondary N) is 1. The highest BCUT2D eigenvalue weighted by molar-refractivity contribution is 5.75. The molecule has 0 unspecified atom stereocenters. The third-order valence-corrected chi connectivity index (χ3v) is 4.60. The van der Waals surface area contributed by atoms with Gasteiger partial charge in [0.15, 0.2) is 5.82 Å². The summed E-state index contributed by atoms with van der Waals surface area (Å²) in [7, 11) is 1.69. The van der Waals surface area contributed by atoms with Crippen LogP contribution in [0.15, 0.2) is 12.1 Å². The highest BCUT2D eigenvalue weighted by atomic mass is 16.5. The second kappa shape index (κ2) is 5.97. The van der Waals surface area contributed by atoms with Gasteiger partial charge in [-0.05, 0) is 30.9 Å². The fraction of sp³-hybridized carbons (Fsp3) is 0.667. The Morgan fingerprint density at radius 3 is 2.95 bits per heavy atom. The van der Waals surface area contributed by atoms with Gasteiger partial charge in [0, 0.05) is 32.5 Å². The first-order valence-corrected chi connectivity index (χ1v) is 7.51. The number of hydrogen-bond acceptors (Lipinski definition) is 5. The van der Waals surface area contributed by atoms with E-state index in [1.165, 1.54) is 0 Å². The highest BCUT2D eigenvalue weighted by Gasteiger charge is 2.41. The SMILES string of the molecule is CNC(=O)C[C@@H]1COC[C@@H]2CN(c3ccc(C)nn3)C[C@@H]21. The Balaban J connectivity index is 1.70. The maximum absolute atomic E-state index is 11.7. The maximum Gasteiger partial charge on any atom is 0.220 e. The van der Waals surface area contributed by atoms with Gasteiger partial charge in [-0.1, -0.05) is 0 Å². The van der Waals surface area contributed by atoms with Crippen molar-refractivity contribution in [2.75, 3.05) is 38.3 Å². The second-order valence-corrected chi connectivity index (χ2v) is 6.04. The molecule has 6 heteroatoms. The summed E-state index contributed by atoms with van der Waals surface area (Å²) < 4.78 is 5.70. The Kier molecular flexibility index (Phi) is 4.05. The van der Waals surface area contributed by atoms with E-state index in [0.717, 1.165) is 31.2 Å². The Morgan fingerprint density at radius 1 is 1.38 bits per heavy atom. The van der Waals surface area contributed by atoms with Crippen molar-refractivity contribution in [2.45, 2.75) is 13.3 Å². The van der Waals surface area contributed by atoms with E-state index in [1.807, 2.05) is 19.1 Å². The molecule has 0 aliphatic carbocycles. The lowest BCUT2D eigenvalue weighted by molar-refractivity contribution is -0.124. The number of aryl methyl sites for hydroxylation is 1. The van der Waals surface area contributed by atoms with Gasteiger partial charge in [0.2, 0.25) is 5.91 Å². The van der Waals surface area contributed by atoms with Crippen molar-refractivity contribution in [1.82, 2.24) is 15.5 Å². The normalized spacial score (nSPS) is 28.3. The Morgan fingerprint density at radius 2 is 2.24 bits per heavy atom. The van der Waals surface area contributed by atoms with Crippen molar-refractivity contribution in [1.29, 1.82) is 0 Å². The molecular weight excluding hydrogens is 268 g/mol. The average Bonchev–Trinajstić information content (AvgIpc) is 2.93. The third-order valence-electron chi connectivity index (χ3n) is 4.60. The van der Waals surface area contributed by atoms with Crippen molar-refractivity contribution < 1.29 is 9.53 Å². The number of rotatable bonds is 3. The summed E-state index contributed by atoms with van der Waals surface area (Å²) in [6, 6.07) is 4.01. The van der Waals surface area contributed by atoms with Gasteiger partial charge in [-0.15, -0.1) is 5.10 Å². The van der Waals surface area contributed by atoms with Crippen LogP contribution in [0.3, 0.4) is 0 Å². The molecule has 3 rings (SSSR count). The molecule has 0 radical (unpaired) electrons. The maximum atomic E-state index is 11.7. The van der Waals surface area contributed by atoms with E-state index in [2.05, 4.69) is 20.4 Å². The molecule has 1 N–H and O–H groups in total. The van der Waals surface area contributed by atoms with Crippen LogP contribution in [0.2, 0.25) is 0 Å². The summed E-state index contributed by atoms with van der Waals surface area (Å²) in [5.74, 6) is 2.30. The monoisotopic (exact) mass is 290 g/mol. The number of aromatic nitrogens is 2. The molecule has 3 heterocycles. The van der Waals surface area contributed by atoms with E-state index >= 15 is 0 Å².